The molecular weight excluding hydrogens is 248 g/mol. The zero-order chi connectivity index (χ0) is 13.8. The van der Waals surface area contributed by atoms with E-state index in [4.69, 9.17) is 4.74 Å². The van der Waals surface area contributed by atoms with E-state index in [2.05, 4.69) is 35.3 Å². The molecule has 3 nitrogen and oxygen atoms in total. The summed E-state index contributed by atoms with van der Waals surface area (Å²) in [6.45, 7) is 7.88. The van der Waals surface area contributed by atoms with Crippen molar-refractivity contribution < 1.29 is 4.74 Å². The van der Waals surface area contributed by atoms with Crippen molar-refractivity contribution in [1.29, 1.82) is 0 Å². The highest BCUT2D eigenvalue weighted by Crippen LogP contribution is 2.27. The third-order valence-electron chi connectivity index (χ3n) is 4.66. The largest absolute Gasteiger partial charge is 0.493 e. The zero-order valence-electron chi connectivity index (χ0n) is 12.5. The molecule has 0 saturated carbocycles. The molecule has 20 heavy (non-hydrogen) atoms. The molecule has 2 aliphatic heterocycles. The normalized spacial score (nSPS) is 20.2. The molecule has 3 heteroatoms. The van der Waals surface area contributed by atoms with E-state index in [1.54, 1.807) is 0 Å². The van der Waals surface area contributed by atoms with E-state index < -0.39 is 0 Å². The molecule has 0 aliphatic carbocycles. The second-order valence-electron chi connectivity index (χ2n) is 6.04. The topological polar surface area (TPSA) is 24.5 Å². The Balaban J connectivity index is 1.51. The number of benzene rings is 1. The van der Waals surface area contributed by atoms with Crippen molar-refractivity contribution in [2.45, 2.75) is 32.6 Å². The number of fused-ring (bicyclic) bond motifs is 1. The standard InChI is InChI=1S/C17H26N2O/c1-2-19-10-7-14(8-11-19)13-20-16-5-6-17-15(12-16)4-3-9-18-17/h5-6,12,14,18H,2-4,7-11,13H2,1H3. The van der Waals surface area contributed by atoms with E-state index in [1.807, 2.05) is 0 Å². The maximum absolute atomic E-state index is 6.03. The molecule has 0 aromatic heterocycles. The Morgan fingerprint density at radius 2 is 2.15 bits per heavy atom. The minimum absolute atomic E-state index is 0.729. The highest BCUT2D eigenvalue weighted by Gasteiger charge is 2.18. The lowest BCUT2D eigenvalue weighted by molar-refractivity contribution is 0.146. The molecule has 1 aromatic rings. The van der Waals surface area contributed by atoms with Crippen LogP contribution in [0.1, 0.15) is 31.7 Å². The number of rotatable bonds is 4. The molecule has 110 valence electrons. The van der Waals surface area contributed by atoms with Crippen LogP contribution < -0.4 is 10.1 Å². The van der Waals surface area contributed by atoms with E-state index in [1.165, 1.54) is 56.6 Å². The lowest BCUT2D eigenvalue weighted by Gasteiger charge is -2.30. The number of hydrogen-bond donors (Lipinski definition) is 1. The second-order valence-corrected chi connectivity index (χ2v) is 6.04. The first-order valence-corrected chi connectivity index (χ1v) is 8.07. The Morgan fingerprint density at radius 1 is 1.30 bits per heavy atom. The Kier molecular flexibility index (Phi) is 4.46. The van der Waals surface area contributed by atoms with Gasteiger partial charge in [0.2, 0.25) is 0 Å². The molecule has 1 N–H and O–H groups in total. The van der Waals surface area contributed by atoms with E-state index in [0.717, 1.165) is 24.8 Å². The summed E-state index contributed by atoms with van der Waals surface area (Å²) in [5, 5.41) is 3.45. The maximum Gasteiger partial charge on any atom is 0.119 e. The number of aryl methyl sites for hydroxylation is 1. The number of piperidine rings is 1. The summed E-state index contributed by atoms with van der Waals surface area (Å²) in [4.78, 5) is 2.53. The first-order chi connectivity index (χ1) is 9.85. The first-order valence-electron chi connectivity index (χ1n) is 8.07. The molecular formula is C17H26N2O. The van der Waals surface area contributed by atoms with Gasteiger partial charge in [-0.1, -0.05) is 6.92 Å². The molecule has 1 aromatic carbocycles. The first kappa shape index (κ1) is 13.7. The maximum atomic E-state index is 6.03. The van der Waals surface area contributed by atoms with E-state index in [-0.39, 0.29) is 0 Å². The number of nitrogens with one attached hydrogen (secondary N) is 1. The summed E-state index contributed by atoms with van der Waals surface area (Å²) in [6, 6.07) is 6.50. The van der Waals surface area contributed by atoms with Gasteiger partial charge in [-0.3, -0.25) is 0 Å². The van der Waals surface area contributed by atoms with Crippen LogP contribution in [-0.4, -0.2) is 37.7 Å². The molecule has 3 rings (SSSR count). The summed E-state index contributed by atoms with van der Waals surface area (Å²) in [5.41, 5.74) is 2.70. The SMILES string of the molecule is CCN1CCC(COc2ccc3c(c2)CCCN3)CC1. The van der Waals surface area contributed by atoms with Gasteiger partial charge in [-0.05, 0) is 75.0 Å². The fourth-order valence-electron chi connectivity index (χ4n) is 3.22. The number of nitrogens with zero attached hydrogens (tertiary/aromatic N) is 1. The Bertz CT molecular complexity index is 439. The van der Waals surface area contributed by atoms with Gasteiger partial charge in [-0.25, -0.2) is 0 Å². The van der Waals surface area contributed by atoms with Crippen molar-refractivity contribution in [2.24, 2.45) is 5.92 Å². The Hall–Kier alpha value is -1.22. The van der Waals surface area contributed by atoms with E-state index >= 15 is 0 Å². The van der Waals surface area contributed by atoms with Gasteiger partial charge >= 0.3 is 0 Å². The van der Waals surface area contributed by atoms with Crippen molar-refractivity contribution in [1.82, 2.24) is 4.90 Å². The monoisotopic (exact) mass is 274 g/mol. The molecule has 0 amide bonds. The van der Waals surface area contributed by atoms with Crippen LogP contribution in [0.5, 0.6) is 5.75 Å². The van der Waals surface area contributed by atoms with Crippen LogP contribution in [0.15, 0.2) is 18.2 Å². The number of hydrogen-bond acceptors (Lipinski definition) is 3. The van der Waals surface area contributed by atoms with Gasteiger partial charge in [0.15, 0.2) is 0 Å². The number of likely N-dealkylation sites (tertiary alicyclic amines) is 1. The average Bonchev–Trinajstić information content (AvgIpc) is 2.53. The van der Waals surface area contributed by atoms with Gasteiger partial charge in [0, 0.05) is 12.2 Å². The highest BCUT2D eigenvalue weighted by molar-refractivity contribution is 5.55. The van der Waals surface area contributed by atoms with E-state index in [0.29, 0.717) is 0 Å². The molecule has 0 bridgehead atoms. The predicted molar refractivity (Wildman–Crippen MR) is 83.6 cm³/mol. The van der Waals surface area contributed by atoms with Crippen molar-refractivity contribution >= 4 is 5.69 Å². The summed E-state index contributed by atoms with van der Waals surface area (Å²) < 4.78 is 6.03. The van der Waals surface area contributed by atoms with Crippen molar-refractivity contribution in [2.75, 3.05) is 38.1 Å². The molecule has 0 radical (unpaired) electrons. The molecule has 0 unspecified atom stereocenters. The average molecular weight is 274 g/mol. The van der Waals surface area contributed by atoms with Crippen LogP contribution in [-0.2, 0) is 6.42 Å². The Labute approximate surface area is 122 Å². The smallest absolute Gasteiger partial charge is 0.119 e. The third-order valence-corrected chi connectivity index (χ3v) is 4.66. The van der Waals surface area contributed by atoms with Crippen LogP contribution >= 0.6 is 0 Å². The van der Waals surface area contributed by atoms with Crippen LogP contribution in [0.2, 0.25) is 0 Å². The molecule has 0 atom stereocenters. The summed E-state index contributed by atoms with van der Waals surface area (Å²) >= 11 is 0. The fourth-order valence-corrected chi connectivity index (χ4v) is 3.22. The van der Waals surface area contributed by atoms with Crippen LogP contribution in [0.25, 0.3) is 0 Å². The zero-order valence-corrected chi connectivity index (χ0v) is 12.5. The molecule has 0 spiro atoms. The molecule has 1 saturated heterocycles. The molecule has 2 heterocycles. The number of ether oxygens (including phenoxy) is 1. The van der Waals surface area contributed by atoms with E-state index in [9.17, 15) is 0 Å². The van der Waals surface area contributed by atoms with Gasteiger partial charge in [0.25, 0.3) is 0 Å². The van der Waals surface area contributed by atoms with Crippen molar-refractivity contribution in [3.8, 4) is 5.75 Å². The van der Waals surface area contributed by atoms with Crippen molar-refractivity contribution in [3.63, 3.8) is 0 Å². The number of anilines is 1. The van der Waals surface area contributed by atoms with Crippen molar-refractivity contribution in [3.05, 3.63) is 23.8 Å². The summed E-state index contributed by atoms with van der Waals surface area (Å²) in [7, 11) is 0. The lowest BCUT2D eigenvalue weighted by atomic mass is 9.98. The predicted octanol–water partition coefficient (Wildman–Crippen LogP) is 3.16. The summed E-state index contributed by atoms with van der Waals surface area (Å²) in [6.07, 6.45) is 4.96. The van der Waals surface area contributed by atoms with Gasteiger partial charge in [0.05, 0.1) is 6.61 Å². The van der Waals surface area contributed by atoms with Gasteiger partial charge in [-0.2, -0.15) is 0 Å². The van der Waals surface area contributed by atoms with Gasteiger partial charge < -0.3 is 15.0 Å². The van der Waals surface area contributed by atoms with Crippen LogP contribution in [0.4, 0.5) is 5.69 Å². The molecule has 2 aliphatic rings. The lowest BCUT2D eigenvalue weighted by Crippen LogP contribution is -2.35. The summed E-state index contributed by atoms with van der Waals surface area (Å²) in [5.74, 6) is 1.78. The second kappa shape index (κ2) is 6.49. The minimum atomic E-state index is 0.729. The highest BCUT2D eigenvalue weighted by atomic mass is 16.5. The van der Waals surface area contributed by atoms with Crippen LogP contribution in [0.3, 0.4) is 0 Å². The molecule has 1 fully saturated rings. The van der Waals surface area contributed by atoms with Crippen LogP contribution in [0, 0.1) is 5.92 Å². The quantitative estimate of drug-likeness (QED) is 0.913. The third kappa shape index (κ3) is 3.26. The fraction of sp³-hybridized carbons (Fsp3) is 0.647. The minimum Gasteiger partial charge on any atom is -0.493 e. The van der Waals surface area contributed by atoms with Gasteiger partial charge in [0.1, 0.15) is 5.75 Å². The van der Waals surface area contributed by atoms with Gasteiger partial charge in [-0.15, -0.1) is 0 Å². The Morgan fingerprint density at radius 3 is 2.95 bits per heavy atom.